The summed E-state index contributed by atoms with van der Waals surface area (Å²) in [5, 5.41) is 4.48. The third-order valence-corrected chi connectivity index (χ3v) is 7.68. The molecule has 4 aromatic rings. The molecule has 0 atom stereocenters. The van der Waals surface area contributed by atoms with Crippen LogP contribution in [-0.4, -0.2) is 58.8 Å². The van der Waals surface area contributed by atoms with Crippen molar-refractivity contribution >= 4 is 33.9 Å². The topological polar surface area (TPSA) is 84.5 Å². The van der Waals surface area contributed by atoms with Crippen molar-refractivity contribution in [2.75, 3.05) is 49.7 Å². The van der Waals surface area contributed by atoms with Crippen molar-refractivity contribution in [3.63, 3.8) is 0 Å². The number of nitrogen functional groups attached to an aromatic ring is 1. The number of aryl methyl sites for hydroxylation is 1. The number of hydrogen-bond donors (Lipinski definition) is 2. The molecule has 180 valence electrons. The van der Waals surface area contributed by atoms with Gasteiger partial charge in [-0.25, -0.2) is 9.97 Å². The Hall–Kier alpha value is -3.78. The predicted octanol–water partition coefficient (Wildman–Crippen LogP) is 4.25. The molecule has 8 heteroatoms. The van der Waals surface area contributed by atoms with Gasteiger partial charge in [0.1, 0.15) is 5.75 Å². The van der Waals surface area contributed by atoms with Gasteiger partial charge in [-0.3, -0.25) is 4.90 Å². The van der Waals surface area contributed by atoms with Gasteiger partial charge in [0.15, 0.2) is 0 Å². The molecule has 2 aromatic heterocycles. The van der Waals surface area contributed by atoms with Gasteiger partial charge in [0.05, 0.1) is 35.4 Å². The van der Waals surface area contributed by atoms with Crippen LogP contribution in [0.3, 0.4) is 0 Å². The van der Waals surface area contributed by atoms with Gasteiger partial charge >= 0.3 is 0 Å². The van der Waals surface area contributed by atoms with Crippen molar-refractivity contribution in [3.05, 3.63) is 54.9 Å². The molecule has 0 unspecified atom stereocenters. The molecular weight excluding hydrogens is 438 g/mol. The molecule has 4 heterocycles. The van der Waals surface area contributed by atoms with E-state index in [-0.39, 0.29) is 0 Å². The van der Waals surface area contributed by atoms with E-state index in [0.29, 0.717) is 22.9 Å². The summed E-state index contributed by atoms with van der Waals surface area (Å²) in [7, 11) is 5.95. The number of benzene rings is 2. The second-order valence-corrected chi connectivity index (χ2v) is 9.78. The molecule has 2 fully saturated rings. The van der Waals surface area contributed by atoms with Gasteiger partial charge in [0, 0.05) is 55.1 Å². The van der Waals surface area contributed by atoms with E-state index in [1.807, 2.05) is 37.4 Å². The third kappa shape index (κ3) is 3.56. The molecule has 2 aliphatic heterocycles. The Bertz CT molecular complexity index is 1410. The maximum Gasteiger partial charge on any atom is 0.227 e. The summed E-state index contributed by atoms with van der Waals surface area (Å²) in [4.78, 5) is 14.1. The van der Waals surface area contributed by atoms with Gasteiger partial charge in [-0.15, -0.1) is 0 Å². The number of ether oxygens (including phenoxy) is 1. The van der Waals surface area contributed by atoms with Gasteiger partial charge in [-0.1, -0.05) is 18.2 Å². The van der Waals surface area contributed by atoms with Crippen LogP contribution >= 0.6 is 0 Å². The Morgan fingerprint density at radius 2 is 1.94 bits per heavy atom. The average molecular weight is 470 g/mol. The number of methoxy groups -OCH3 is 1. The lowest BCUT2D eigenvalue weighted by Gasteiger charge is -2.53. The lowest BCUT2D eigenvalue weighted by Crippen LogP contribution is -2.67. The van der Waals surface area contributed by atoms with Crippen molar-refractivity contribution in [2.24, 2.45) is 7.05 Å². The number of hydrogen-bond acceptors (Lipinski definition) is 7. The molecule has 0 radical (unpaired) electrons. The summed E-state index contributed by atoms with van der Waals surface area (Å²) in [5.41, 5.74) is 12.4. The highest BCUT2D eigenvalue weighted by Gasteiger charge is 2.49. The highest BCUT2D eigenvalue weighted by molar-refractivity contribution is 5.95. The lowest BCUT2D eigenvalue weighted by atomic mass is 9.86. The minimum atomic E-state index is 0.298. The molecule has 2 saturated heterocycles. The second-order valence-electron chi connectivity index (χ2n) is 9.78. The van der Waals surface area contributed by atoms with E-state index in [1.165, 1.54) is 19.4 Å². The van der Waals surface area contributed by atoms with E-state index < -0.39 is 0 Å². The summed E-state index contributed by atoms with van der Waals surface area (Å²) in [6.45, 7) is 3.17. The highest BCUT2D eigenvalue weighted by Crippen LogP contribution is 2.44. The number of anilines is 4. The van der Waals surface area contributed by atoms with E-state index in [2.05, 4.69) is 50.0 Å². The quantitative estimate of drug-likeness (QED) is 0.423. The summed E-state index contributed by atoms with van der Waals surface area (Å²) in [6.07, 6.45) is 6.39. The van der Waals surface area contributed by atoms with Crippen molar-refractivity contribution in [1.29, 1.82) is 0 Å². The number of nitrogens with one attached hydrogen (secondary N) is 1. The fourth-order valence-electron chi connectivity index (χ4n) is 5.67. The van der Waals surface area contributed by atoms with E-state index in [0.717, 1.165) is 46.6 Å². The van der Waals surface area contributed by atoms with Crippen LogP contribution in [0.5, 0.6) is 5.75 Å². The van der Waals surface area contributed by atoms with Crippen LogP contribution in [-0.2, 0) is 7.05 Å². The Balaban J connectivity index is 1.27. The number of rotatable bonds is 5. The minimum absolute atomic E-state index is 0.298. The van der Waals surface area contributed by atoms with Crippen molar-refractivity contribution in [2.45, 2.75) is 18.4 Å². The second kappa shape index (κ2) is 8.16. The van der Waals surface area contributed by atoms with Crippen molar-refractivity contribution in [1.82, 2.24) is 19.4 Å². The predicted molar refractivity (Wildman–Crippen MR) is 141 cm³/mol. The van der Waals surface area contributed by atoms with E-state index in [4.69, 9.17) is 15.5 Å². The maximum absolute atomic E-state index is 6.52. The summed E-state index contributed by atoms with van der Waals surface area (Å²) in [5.74, 6) is 1.21. The SMILES string of the molecule is COc1cc(N2CC3(CCCN3C)C2)c(N)cc1Nc1nccc(-c2cn(C)c3ccccc23)n1. The number of likely N-dealkylation sites (N-methyl/N-ethyl adjacent to an activating group) is 1. The van der Waals surface area contributed by atoms with E-state index in [9.17, 15) is 0 Å². The zero-order valence-corrected chi connectivity index (χ0v) is 20.5. The fraction of sp³-hybridized carbons (Fsp3) is 0.333. The summed E-state index contributed by atoms with van der Waals surface area (Å²) >= 11 is 0. The third-order valence-electron chi connectivity index (χ3n) is 7.68. The standard InChI is InChI=1S/C27H31N7O/c1-32-15-19(18-7-4-5-8-23(18)32)21-9-11-29-26(30-21)31-22-13-20(28)24(14-25(22)35-3)34-16-27(17-34)10-6-12-33(27)2/h4-5,7-9,11,13-15H,6,10,12,16-17,28H2,1-3H3,(H,29,30,31). The Morgan fingerprint density at radius 3 is 2.71 bits per heavy atom. The first kappa shape index (κ1) is 21.7. The summed E-state index contributed by atoms with van der Waals surface area (Å²) < 4.78 is 7.85. The lowest BCUT2D eigenvalue weighted by molar-refractivity contribution is 0.133. The fourth-order valence-corrected chi connectivity index (χ4v) is 5.67. The normalized spacial score (nSPS) is 17.2. The molecule has 1 spiro atoms. The van der Waals surface area contributed by atoms with Gasteiger partial charge < -0.3 is 25.3 Å². The van der Waals surface area contributed by atoms with E-state index in [1.54, 1.807) is 13.3 Å². The first-order chi connectivity index (χ1) is 17.0. The molecule has 0 bridgehead atoms. The number of nitrogens with zero attached hydrogens (tertiary/aromatic N) is 5. The maximum atomic E-state index is 6.52. The van der Waals surface area contributed by atoms with Gasteiger partial charge in [-0.05, 0) is 44.6 Å². The molecule has 6 rings (SSSR count). The molecule has 35 heavy (non-hydrogen) atoms. The Kier molecular flexibility index (Phi) is 5.07. The number of likely N-dealkylation sites (tertiary alicyclic amines) is 1. The van der Waals surface area contributed by atoms with Gasteiger partial charge in [-0.2, -0.15) is 0 Å². The number of para-hydroxylation sites is 1. The van der Waals surface area contributed by atoms with Crippen molar-refractivity contribution < 1.29 is 4.74 Å². The van der Waals surface area contributed by atoms with Crippen LogP contribution in [0.15, 0.2) is 54.9 Å². The number of aromatic nitrogens is 3. The van der Waals surface area contributed by atoms with Gasteiger partial charge in [0.2, 0.25) is 5.95 Å². The van der Waals surface area contributed by atoms with Gasteiger partial charge in [0.25, 0.3) is 0 Å². The average Bonchev–Trinajstić information content (AvgIpc) is 3.39. The van der Waals surface area contributed by atoms with Crippen LogP contribution < -0.4 is 20.7 Å². The summed E-state index contributed by atoms with van der Waals surface area (Å²) in [6, 6.07) is 14.2. The van der Waals surface area contributed by atoms with Crippen LogP contribution in [0.25, 0.3) is 22.2 Å². The Morgan fingerprint density at radius 1 is 1.11 bits per heavy atom. The van der Waals surface area contributed by atoms with Crippen LogP contribution in [0.4, 0.5) is 23.0 Å². The number of fused-ring (bicyclic) bond motifs is 1. The monoisotopic (exact) mass is 469 g/mol. The zero-order chi connectivity index (χ0) is 24.2. The molecule has 0 aliphatic carbocycles. The van der Waals surface area contributed by atoms with Crippen LogP contribution in [0.1, 0.15) is 12.8 Å². The Labute approximate surface area is 205 Å². The zero-order valence-electron chi connectivity index (χ0n) is 20.5. The largest absolute Gasteiger partial charge is 0.494 e. The molecule has 0 saturated carbocycles. The highest BCUT2D eigenvalue weighted by atomic mass is 16.5. The smallest absolute Gasteiger partial charge is 0.227 e. The number of nitrogens with two attached hydrogens (primary N) is 1. The van der Waals surface area contributed by atoms with Crippen LogP contribution in [0, 0.1) is 0 Å². The van der Waals surface area contributed by atoms with Crippen molar-refractivity contribution in [3.8, 4) is 17.0 Å². The molecule has 2 aromatic carbocycles. The van der Waals surface area contributed by atoms with E-state index >= 15 is 0 Å². The molecule has 2 aliphatic rings. The van der Waals surface area contributed by atoms with Crippen LogP contribution in [0.2, 0.25) is 0 Å². The molecule has 0 amide bonds. The molecular formula is C27H31N7O. The first-order valence-electron chi connectivity index (χ1n) is 12.1. The molecule has 3 N–H and O–H groups in total. The first-order valence-corrected chi connectivity index (χ1v) is 12.1. The minimum Gasteiger partial charge on any atom is -0.494 e. The molecule has 8 nitrogen and oxygen atoms in total.